The van der Waals surface area contributed by atoms with Crippen LogP contribution in [-0.4, -0.2) is 18.2 Å². The second-order valence-corrected chi connectivity index (χ2v) is 3.31. The van der Waals surface area contributed by atoms with Crippen LogP contribution in [0.4, 0.5) is 0 Å². The molecule has 1 aromatic rings. The highest BCUT2D eigenvalue weighted by Crippen LogP contribution is 2.08. The van der Waals surface area contributed by atoms with Crippen molar-refractivity contribution >= 4 is 23.2 Å². The molecule has 0 aromatic heterocycles. The standard InChI is InChI=1S/C9H10Cl2O2/c10-9(11)13-7-6-12-8-4-2-1-3-5-8/h1-5,9H,6-7H2. The lowest BCUT2D eigenvalue weighted by Gasteiger charge is -2.06. The van der Waals surface area contributed by atoms with Crippen LogP contribution in [0.15, 0.2) is 30.3 Å². The van der Waals surface area contributed by atoms with Crippen molar-refractivity contribution in [3.05, 3.63) is 30.3 Å². The van der Waals surface area contributed by atoms with Crippen LogP contribution < -0.4 is 4.74 Å². The van der Waals surface area contributed by atoms with Gasteiger partial charge >= 0.3 is 0 Å². The van der Waals surface area contributed by atoms with Gasteiger partial charge in [-0.25, -0.2) is 0 Å². The average molecular weight is 221 g/mol. The number of benzene rings is 1. The molecule has 72 valence electrons. The zero-order valence-electron chi connectivity index (χ0n) is 6.95. The van der Waals surface area contributed by atoms with Gasteiger partial charge in [-0.1, -0.05) is 41.4 Å². The first kappa shape index (κ1) is 10.6. The lowest BCUT2D eigenvalue weighted by molar-refractivity contribution is 0.115. The highest BCUT2D eigenvalue weighted by atomic mass is 35.5. The van der Waals surface area contributed by atoms with Gasteiger partial charge in [0.15, 0.2) is 0 Å². The summed E-state index contributed by atoms with van der Waals surface area (Å²) < 4.78 is 10.2. The zero-order valence-corrected chi connectivity index (χ0v) is 8.46. The van der Waals surface area contributed by atoms with Crippen LogP contribution in [0.5, 0.6) is 5.75 Å². The number of rotatable bonds is 5. The molecule has 4 heteroatoms. The maximum atomic E-state index is 5.35. The Bertz CT molecular complexity index is 226. The SMILES string of the molecule is ClC(Cl)OCCOc1ccccc1. The normalized spacial score (nSPS) is 10.4. The van der Waals surface area contributed by atoms with E-state index in [9.17, 15) is 0 Å². The topological polar surface area (TPSA) is 18.5 Å². The van der Waals surface area contributed by atoms with Gasteiger partial charge in [0, 0.05) is 0 Å². The van der Waals surface area contributed by atoms with Crippen molar-refractivity contribution in [2.75, 3.05) is 13.2 Å². The van der Waals surface area contributed by atoms with Gasteiger partial charge in [0.25, 0.3) is 0 Å². The predicted octanol–water partition coefficient (Wildman–Crippen LogP) is 2.84. The van der Waals surface area contributed by atoms with Crippen LogP contribution in [0.2, 0.25) is 0 Å². The molecule has 0 fully saturated rings. The van der Waals surface area contributed by atoms with E-state index in [1.165, 1.54) is 0 Å². The molecule has 1 rings (SSSR count). The van der Waals surface area contributed by atoms with Crippen LogP contribution in [0.3, 0.4) is 0 Å². The number of halogens is 2. The summed E-state index contributed by atoms with van der Waals surface area (Å²) in [5.74, 6) is 0.812. The molecular formula is C9H10Cl2O2. The van der Waals surface area contributed by atoms with Gasteiger partial charge in [-0.15, -0.1) is 0 Å². The van der Waals surface area contributed by atoms with Crippen LogP contribution >= 0.6 is 23.2 Å². The summed E-state index contributed by atoms with van der Waals surface area (Å²) >= 11 is 10.7. The molecule has 13 heavy (non-hydrogen) atoms. The summed E-state index contributed by atoms with van der Waals surface area (Å²) in [5.41, 5.74) is 0. The van der Waals surface area contributed by atoms with Crippen molar-refractivity contribution in [2.24, 2.45) is 0 Å². The fourth-order valence-electron chi connectivity index (χ4n) is 0.813. The van der Waals surface area contributed by atoms with Gasteiger partial charge < -0.3 is 9.47 Å². The molecule has 0 heterocycles. The van der Waals surface area contributed by atoms with Crippen molar-refractivity contribution in [3.8, 4) is 5.75 Å². The van der Waals surface area contributed by atoms with Crippen LogP contribution in [0.25, 0.3) is 0 Å². The molecule has 0 radical (unpaired) electrons. The zero-order chi connectivity index (χ0) is 9.52. The number of hydrogen-bond acceptors (Lipinski definition) is 2. The largest absolute Gasteiger partial charge is 0.491 e. The summed E-state index contributed by atoms with van der Waals surface area (Å²) in [6, 6.07) is 9.48. The molecule has 0 saturated heterocycles. The number of para-hydroxylation sites is 1. The van der Waals surface area contributed by atoms with E-state index in [0.717, 1.165) is 5.75 Å². The summed E-state index contributed by atoms with van der Waals surface area (Å²) in [6.45, 7) is 0.826. The van der Waals surface area contributed by atoms with Crippen LogP contribution in [0, 0.1) is 0 Å². The molecule has 0 atom stereocenters. The van der Waals surface area contributed by atoms with E-state index in [2.05, 4.69) is 0 Å². The first-order valence-electron chi connectivity index (χ1n) is 3.86. The smallest absolute Gasteiger partial charge is 0.206 e. The van der Waals surface area contributed by atoms with E-state index in [1.54, 1.807) is 0 Å². The van der Waals surface area contributed by atoms with Crippen LogP contribution in [-0.2, 0) is 4.74 Å². The number of hydrogen-bond donors (Lipinski definition) is 0. The average Bonchev–Trinajstić information content (AvgIpc) is 2.14. The minimum Gasteiger partial charge on any atom is -0.491 e. The third-order valence-corrected chi connectivity index (χ3v) is 1.59. The maximum Gasteiger partial charge on any atom is 0.206 e. The van der Waals surface area contributed by atoms with Crippen molar-refractivity contribution in [2.45, 2.75) is 5.02 Å². The molecule has 0 N–H and O–H groups in total. The monoisotopic (exact) mass is 220 g/mol. The van der Waals surface area contributed by atoms with Crippen molar-refractivity contribution in [3.63, 3.8) is 0 Å². The Morgan fingerprint density at radius 3 is 2.38 bits per heavy atom. The first-order chi connectivity index (χ1) is 6.29. The van der Waals surface area contributed by atoms with Crippen molar-refractivity contribution in [1.82, 2.24) is 0 Å². The molecule has 0 spiro atoms. The number of ether oxygens (including phenoxy) is 2. The van der Waals surface area contributed by atoms with Gasteiger partial charge in [-0.2, -0.15) is 0 Å². The van der Waals surface area contributed by atoms with E-state index < -0.39 is 5.02 Å². The highest BCUT2D eigenvalue weighted by molar-refractivity contribution is 6.43. The summed E-state index contributed by atoms with van der Waals surface area (Å²) in [6.07, 6.45) is 0. The van der Waals surface area contributed by atoms with Gasteiger partial charge in [0.05, 0.1) is 6.61 Å². The summed E-state index contributed by atoms with van der Waals surface area (Å²) in [5, 5.41) is -0.778. The van der Waals surface area contributed by atoms with Crippen molar-refractivity contribution < 1.29 is 9.47 Å². The fraction of sp³-hybridized carbons (Fsp3) is 0.333. The van der Waals surface area contributed by atoms with Gasteiger partial charge in [-0.05, 0) is 12.1 Å². The minimum absolute atomic E-state index is 0.382. The fourth-order valence-corrected chi connectivity index (χ4v) is 0.992. The van der Waals surface area contributed by atoms with E-state index >= 15 is 0 Å². The van der Waals surface area contributed by atoms with E-state index in [0.29, 0.717) is 13.2 Å². The molecule has 0 aliphatic rings. The van der Waals surface area contributed by atoms with Gasteiger partial charge in [0.1, 0.15) is 12.4 Å². The lowest BCUT2D eigenvalue weighted by Crippen LogP contribution is -2.08. The van der Waals surface area contributed by atoms with E-state index in [4.69, 9.17) is 32.7 Å². The quantitative estimate of drug-likeness (QED) is 0.562. The second kappa shape index (κ2) is 6.08. The molecule has 0 aliphatic heterocycles. The van der Waals surface area contributed by atoms with Gasteiger partial charge in [-0.3, -0.25) is 0 Å². The summed E-state index contributed by atoms with van der Waals surface area (Å²) in [7, 11) is 0. The molecule has 1 aromatic carbocycles. The third kappa shape index (κ3) is 4.98. The van der Waals surface area contributed by atoms with Crippen molar-refractivity contribution in [1.29, 1.82) is 0 Å². The Morgan fingerprint density at radius 2 is 1.77 bits per heavy atom. The molecule has 0 unspecified atom stereocenters. The Kier molecular flexibility index (Phi) is 4.98. The lowest BCUT2D eigenvalue weighted by atomic mass is 10.3. The van der Waals surface area contributed by atoms with E-state index in [1.807, 2.05) is 30.3 Å². The van der Waals surface area contributed by atoms with Crippen LogP contribution in [0.1, 0.15) is 0 Å². The highest BCUT2D eigenvalue weighted by Gasteiger charge is 1.97. The molecule has 0 bridgehead atoms. The minimum atomic E-state index is -0.778. The predicted molar refractivity (Wildman–Crippen MR) is 53.4 cm³/mol. The first-order valence-corrected chi connectivity index (χ1v) is 4.74. The summed E-state index contributed by atoms with van der Waals surface area (Å²) in [4.78, 5) is 0. The second-order valence-electron chi connectivity index (χ2n) is 2.29. The van der Waals surface area contributed by atoms with Gasteiger partial charge in [0.2, 0.25) is 5.02 Å². The molecule has 0 saturated carbocycles. The molecule has 0 amide bonds. The van der Waals surface area contributed by atoms with E-state index in [-0.39, 0.29) is 0 Å². The Balaban J connectivity index is 2.13. The Hall–Kier alpha value is -0.440. The molecule has 0 aliphatic carbocycles. The Labute approximate surface area is 87.4 Å². The maximum absolute atomic E-state index is 5.35. The Morgan fingerprint density at radius 1 is 1.08 bits per heavy atom. The third-order valence-electron chi connectivity index (χ3n) is 1.34. The molecule has 2 nitrogen and oxygen atoms in total. The number of alkyl halides is 2. The molecular weight excluding hydrogens is 211 g/mol.